The number of aryl methyl sites for hydroxylation is 1. The third-order valence-corrected chi connectivity index (χ3v) is 2.91. The molecule has 0 radical (unpaired) electrons. The molecule has 1 aliphatic rings. The summed E-state index contributed by atoms with van der Waals surface area (Å²) in [6.45, 7) is 2.40. The van der Waals surface area contributed by atoms with Crippen LogP contribution in [0, 0.1) is 6.92 Å². The van der Waals surface area contributed by atoms with Crippen molar-refractivity contribution in [3.63, 3.8) is 0 Å². The number of aliphatic carboxylic acids is 1. The van der Waals surface area contributed by atoms with Gasteiger partial charge in [-0.2, -0.15) is 0 Å². The van der Waals surface area contributed by atoms with Crippen LogP contribution in [0.25, 0.3) is 0 Å². The van der Waals surface area contributed by atoms with E-state index in [1.165, 1.54) is 0 Å². The molecule has 6 heteroatoms. The Kier molecular flexibility index (Phi) is 3.23. The van der Waals surface area contributed by atoms with Gasteiger partial charge in [0, 0.05) is 32.5 Å². The lowest BCUT2D eigenvalue weighted by Gasteiger charge is -2.20. The molecule has 17 heavy (non-hydrogen) atoms. The molecular weight excluding hydrogens is 222 g/mol. The van der Waals surface area contributed by atoms with E-state index in [-0.39, 0.29) is 6.10 Å². The van der Waals surface area contributed by atoms with Crippen LogP contribution in [-0.4, -0.2) is 46.8 Å². The summed E-state index contributed by atoms with van der Waals surface area (Å²) >= 11 is 0. The van der Waals surface area contributed by atoms with Crippen LogP contribution < -0.4 is 4.90 Å². The van der Waals surface area contributed by atoms with Crippen molar-refractivity contribution in [3.8, 4) is 0 Å². The molecule has 1 N–H and O–H groups in total. The van der Waals surface area contributed by atoms with E-state index >= 15 is 0 Å². The smallest absolute Gasteiger partial charge is 0.326 e. The molecule has 1 aliphatic heterocycles. The fraction of sp³-hybridized carbons (Fsp3) is 0.545. The molecule has 0 saturated carbocycles. The van der Waals surface area contributed by atoms with E-state index in [0.29, 0.717) is 18.9 Å². The Morgan fingerprint density at radius 2 is 2.18 bits per heavy atom. The van der Waals surface area contributed by atoms with Crippen LogP contribution in [0.3, 0.4) is 0 Å². The molecular formula is C11H15N3O3. The minimum absolute atomic E-state index is 0.0824. The van der Waals surface area contributed by atoms with Gasteiger partial charge in [0.05, 0.1) is 6.10 Å². The molecule has 2 atom stereocenters. The second-order valence-corrected chi connectivity index (χ2v) is 4.16. The van der Waals surface area contributed by atoms with Gasteiger partial charge in [0.1, 0.15) is 6.04 Å². The zero-order valence-corrected chi connectivity index (χ0v) is 9.83. The van der Waals surface area contributed by atoms with Crippen LogP contribution in [0.2, 0.25) is 0 Å². The van der Waals surface area contributed by atoms with Gasteiger partial charge in [0.2, 0.25) is 5.95 Å². The number of hydrogen-bond donors (Lipinski definition) is 1. The van der Waals surface area contributed by atoms with Crippen molar-refractivity contribution in [2.75, 3.05) is 18.6 Å². The van der Waals surface area contributed by atoms with E-state index in [0.717, 1.165) is 5.56 Å². The van der Waals surface area contributed by atoms with Gasteiger partial charge in [-0.05, 0) is 12.5 Å². The quantitative estimate of drug-likeness (QED) is 0.823. The van der Waals surface area contributed by atoms with Crippen LogP contribution in [0.1, 0.15) is 12.0 Å². The molecule has 2 heterocycles. The normalized spacial score (nSPS) is 24.0. The van der Waals surface area contributed by atoms with Gasteiger partial charge < -0.3 is 14.7 Å². The Balaban J connectivity index is 2.23. The molecule has 0 spiro atoms. The van der Waals surface area contributed by atoms with Crippen molar-refractivity contribution in [1.82, 2.24) is 9.97 Å². The zero-order chi connectivity index (χ0) is 12.4. The third kappa shape index (κ3) is 2.36. The van der Waals surface area contributed by atoms with E-state index in [1.807, 2.05) is 6.92 Å². The number of methoxy groups -OCH3 is 1. The standard InChI is InChI=1S/C11H15N3O3/c1-7-4-12-11(13-5-7)14-6-8(17-2)3-9(14)10(15)16/h4-5,8-9H,3,6H2,1-2H3,(H,15,16). The maximum atomic E-state index is 11.2. The summed E-state index contributed by atoms with van der Waals surface area (Å²) in [4.78, 5) is 21.2. The topological polar surface area (TPSA) is 75.6 Å². The number of aromatic nitrogens is 2. The van der Waals surface area contributed by atoms with Crippen molar-refractivity contribution in [2.45, 2.75) is 25.5 Å². The van der Waals surface area contributed by atoms with Gasteiger partial charge in [-0.15, -0.1) is 0 Å². The average molecular weight is 237 g/mol. The lowest BCUT2D eigenvalue weighted by molar-refractivity contribution is -0.138. The molecule has 1 saturated heterocycles. The molecule has 0 aromatic carbocycles. The highest BCUT2D eigenvalue weighted by Gasteiger charge is 2.38. The van der Waals surface area contributed by atoms with Crippen LogP contribution >= 0.6 is 0 Å². The molecule has 0 bridgehead atoms. The summed E-state index contributed by atoms with van der Waals surface area (Å²) in [5.74, 6) is -0.420. The zero-order valence-electron chi connectivity index (χ0n) is 9.83. The summed E-state index contributed by atoms with van der Waals surface area (Å²) < 4.78 is 5.21. The summed E-state index contributed by atoms with van der Waals surface area (Å²) in [7, 11) is 1.59. The van der Waals surface area contributed by atoms with Gasteiger partial charge in [0.15, 0.2) is 0 Å². The number of ether oxygens (including phenoxy) is 1. The van der Waals surface area contributed by atoms with Gasteiger partial charge in [-0.3, -0.25) is 0 Å². The van der Waals surface area contributed by atoms with E-state index in [2.05, 4.69) is 9.97 Å². The highest BCUT2D eigenvalue weighted by molar-refractivity contribution is 5.78. The van der Waals surface area contributed by atoms with Crippen molar-refractivity contribution in [1.29, 1.82) is 0 Å². The lowest BCUT2D eigenvalue weighted by Crippen LogP contribution is -2.37. The van der Waals surface area contributed by atoms with Crippen molar-refractivity contribution >= 4 is 11.9 Å². The van der Waals surface area contributed by atoms with Crippen LogP contribution in [0.5, 0.6) is 0 Å². The third-order valence-electron chi connectivity index (χ3n) is 2.91. The summed E-state index contributed by atoms with van der Waals surface area (Å²) in [6, 6.07) is -0.609. The van der Waals surface area contributed by atoms with Crippen LogP contribution in [-0.2, 0) is 9.53 Å². The largest absolute Gasteiger partial charge is 0.480 e. The highest BCUT2D eigenvalue weighted by atomic mass is 16.5. The average Bonchev–Trinajstić information content (AvgIpc) is 2.74. The molecule has 1 fully saturated rings. The number of carboxylic acid groups (broad SMARTS) is 1. The first-order valence-electron chi connectivity index (χ1n) is 5.42. The predicted molar refractivity (Wildman–Crippen MR) is 61.0 cm³/mol. The van der Waals surface area contributed by atoms with Crippen LogP contribution in [0.15, 0.2) is 12.4 Å². The number of anilines is 1. The summed E-state index contributed by atoms with van der Waals surface area (Å²) in [6.07, 6.45) is 3.74. The molecule has 0 aliphatic carbocycles. The first kappa shape index (κ1) is 11.8. The number of rotatable bonds is 3. The lowest BCUT2D eigenvalue weighted by atomic mass is 10.2. The van der Waals surface area contributed by atoms with E-state index in [9.17, 15) is 4.79 Å². The number of carboxylic acids is 1. The van der Waals surface area contributed by atoms with Gasteiger partial charge >= 0.3 is 5.97 Å². The number of carbonyl (C=O) groups is 1. The number of hydrogen-bond acceptors (Lipinski definition) is 5. The van der Waals surface area contributed by atoms with E-state index in [1.54, 1.807) is 24.4 Å². The highest BCUT2D eigenvalue weighted by Crippen LogP contribution is 2.24. The Bertz CT molecular complexity index is 407. The van der Waals surface area contributed by atoms with Crippen molar-refractivity contribution in [3.05, 3.63) is 18.0 Å². The Morgan fingerprint density at radius 3 is 2.71 bits per heavy atom. The Hall–Kier alpha value is -1.69. The van der Waals surface area contributed by atoms with E-state index < -0.39 is 12.0 Å². The Labute approximate surface area is 99.2 Å². The first-order chi connectivity index (χ1) is 8.11. The molecule has 2 rings (SSSR count). The Morgan fingerprint density at radius 1 is 1.53 bits per heavy atom. The molecule has 2 unspecified atom stereocenters. The molecule has 1 aromatic rings. The fourth-order valence-electron chi connectivity index (χ4n) is 1.96. The van der Waals surface area contributed by atoms with E-state index in [4.69, 9.17) is 9.84 Å². The maximum Gasteiger partial charge on any atom is 0.326 e. The molecule has 1 aromatic heterocycles. The SMILES string of the molecule is COC1CC(C(=O)O)N(c2ncc(C)cn2)C1. The van der Waals surface area contributed by atoms with Crippen LogP contribution in [0.4, 0.5) is 5.95 Å². The fourth-order valence-corrected chi connectivity index (χ4v) is 1.96. The van der Waals surface area contributed by atoms with Gasteiger partial charge in [0.25, 0.3) is 0 Å². The maximum absolute atomic E-state index is 11.2. The molecule has 0 amide bonds. The van der Waals surface area contributed by atoms with Gasteiger partial charge in [-0.25, -0.2) is 14.8 Å². The van der Waals surface area contributed by atoms with Crippen molar-refractivity contribution in [2.24, 2.45) is 0 Å². The second-order valence-electron chi connectivity index (χ2n) is 4.16. The summed E-state index contributed by atoms with van der Waals surface area (Å²) in [5.41, 5.74) is 0.947. The molecule has 6 nitrogen and oxygen atoms in total. The van der Waals surface area contributed by atoms with Gasteiger partial charge in [-0.1, -0.05) is 0 Å². The predicted octanol–water partition coefficient (Wildman–Crippen LogP) is 0.463. The second kappa shape index (κ2) is 4.67. The minimum atomic E-state index is -0.867. The minimum Gasteiger partial charge on any atom is -0.480 e. The van der Waals surface area contributed by atoms with Crippen molar-refractivity contribution < 1.29 is 14.6 Å². The summed E-state index contributed by atoms with van der Waals surface area (Å²) in [5, 5.41) is 9.16. The molecule has 92 valence electrons. The monoisotopic (exact) mass is 237 g/mol. The number of nitrogens with zero attached hydrogens (tertiary/aromatic N) is 3. The first-order valence-corrected chi connectivity index (χ1v) is 5.42.